The number of hydrogen-bond donors (Lipinski definition) is 2. The fraction of sp³-hybridized carbons (Fsp3) is 0.500. The van der Waals surface area contributed by atoms with Crippen LogP contribution in [0.2, 0.25) is 0 Å². The zero-order chi connectivity index (χ0) is 22.9. The van der Waals surface area contributed by atoms with Crippen LogP contribution in [0, 0.1) is 11.8 Å². The number of aliphatic hydroxyl groups excluding tert-OH is 1. The molecule has 1 fully saturated rings. The summed E-state index contributed by atoms with van der Waals surface area (Å²) >= 11 is 0. The second kappa shape index (κ2) is 11.9. The quantitative estimate of drug-likeness (QED) is 0.524. The molecule has 0 aliphatic carbocycles. The Morgan fingerprint density at radius 1 is 1.12 bits per heavy atom. The first kappa shape index (κ1) is 24.1. The third kappa shape index (κ3) is 6.24. The summed E-state index contributed by atoms with van der Waals surface area (Å²) in [7, 11) is 1.58. The predicted octanol–water partition coefficient (Wildman–Crippen LogP) is 3.39. The van der Waals surface area contributed by atoms with Crippen LogP contribution in [0.3, 0.4) is 0 Å². The zero-order valence-corrected chi connectivity index (χ0v) is 19.4. The summed E-state index contributed by atoms with van der Waals surface area (Å²) in [6, 6.07) is 16.0. The lowest BCUT2D eigenvalue weighted by Crippen LogP contribution is -2.42. The Morgan fingerprint density at radius 2 is 1.88 bits per heavy atom. The normalized spacial score (nSPS) is 18.0. The van der Waals surface area contributed by atoms with Gasteiger partial charge < -0.3 is 24.8 Å². The van der Waals surface area contributed by atoms with Gasteiger partial charge in [0.1, 0.15) is 0 Å². The van der Waals surface area contributed by atoms with Crippen LogP contribution in [0.25, 0.3) is 0 Å². The van der Waals surface area contributed by atoms with E-state index in [1.165, 1.54) is 5.56 Å². The second-order valence-electron chi connectivity index (χ2n) is 8.71. The zero-order valence-electron chi connectivity index (χ0n) is 19.4. The molecule has 6 heteroatoms. The first-order valence-electron chi connectivity index (χ1n) is 11.5. The average molecular weight is 441 g/mol. The average Bonchev–Trinajstić information content (AvgIpc) is 3.24. The molecule has 2 N–H and O–H groups in total. The van der Waals surface area contributed by atoms with Crippen molar-refractivity contribution in [2.75, 3.05) is 40.0 Å². The molecule has 0 spiro atoms. The smallest absolute Gasteiger partial charge is 0.254 e. The van der Waals surface area contributed by atoms with E-state index in [1.807, 2.05) is 11.0 Å². The van der Waals surface area contributed by atoms with Crippen LogP contribution in [0.15, 0.2) is 48.5 Å². The van der Waals surface area contributed by atoms with Gasteiger partial charge in [0.25, 0.3) is 5.91 Å². The molecule has 2 unspecified atom stereocenters. The largest absolute Gasteiger partial charge is 0.493 e. The number of benzene rings is 2. The number of nitrogens with zero attached hydrogens (tertiary/aromatic N) is 1. The summed E-state index contributed by atoms with van der Waals surface area (Å²) in [6.07, 6.45) is 1.54. The molecule has 1 aliphatic rings. The van der Waals surface area contributed by atoms with E-state index in [0.29, 0.717) is 48.5 Å². The van der Waals surface area contributed by atoms with Crippen molar-refractivity contribution in [3.05, 3.63) is 59.7 Å². The van der Waals surface area contributed by atoms with Gasteiger partial charge in [-0.3, -0.25) is 4.79 Å². The number of carbonyl (C=O) groups excluding carboxylic acids is 1. The fourth-order valence-corrected chi connectivity index (χ4v) is 4.27. The summed E-state index contributed by atoms with van der Waals surface area (Å²) in [4.78, 5) is 15.5. The lowest BCUT2D eigenvalue weighted by atomic mass is 9.89. The molecule has 0 saturated carbocycles. The molecule has 1 aliphatic heterocycles. The van der Waals surface area contributed by atoms with E-state index in [2.05, 4.69) is 43.4 Å². The highest BCUT2D eigenvalue weighted by Crippen LogP contribution is 2.30. The van der Waals surface area contributed by atoms with Crippen LogP contribution in [0.5, 0.6) is 11.5 Å². The van der Waals surface area contributed by atoms with E-state index < -0.39 is 0 Å². The molecule has 1 saturated heterocycles. The van der Waals surface area contributed by atoms with Gasteiger partial charge >= 0.3 is 0 Å². The Kier molecular flexibility index (Phi) is 8.94. The minimum atomic E-state index is 0.0000207. The molecule has 3 rings (SSSR count). The highest BCUT2D eigenvalue weighted by atomic mass is 16.5. The van der Waals surface area contributed by atoms with Crippen LogP contribution < -0.4 is 14.8 Å². The summed E-state index contributed by atoms with van der Waals surface area (Å²) in [6.45, 7) is 7.17. The summed E-state index contributed by atoms with van der Waals surface area (Å²) in [5.74, 6) is 2.01. The molecule has 2 aromatic rings. The fourth-order valence-electron chi connectivity index (χ4n) is 4.27. The topological polar surface area (TPSA) is 71.0 Å². The Labute approximate surface area is 191 Å². The van der Waals surface area contributed by atoms with Crippen LogP contribution >= 0.6 is 0 Å². The Bertz CT molecular complexity index is 856. The van der Waals surface area contributed by atoms with Crippen molar-refractivity contribution < 1.29 is 19.4 Å². The van der Waals surface area contributed by atoms with Crippen molar-refractivity contribution in [2.24, 2.45) is 11.8 Å². The molecule has 6 nitrogen and oxygen atoms in total. The maximum Gasteiger partial charge on any atom is 0.254 e. The lowest BCUT2D eigenvalue weighted by Gasteiger charge is -2.32. The highest BCUT2D eigenvalue weighted by Gasteiger charge is 2.31. The molecule has 0 aromatic heterocycles. The number of nitrogens with one attached hydrogen (secondary N) is 1. The first-order chi connectivity index (χ1) is 15.5. The number of ether oxygens (including phenoxy) is 2. The third-order valence-electron chi connectivity index (χ3n) is 6.11. The van der Waals surface area contributed by atoms with Crippen LogP contribution in [-0.2, 0) is 6.42 Å². The second-order valence-corrected chi connectivity index (χ2v) is 8.71. The van der Waals surface area contributed by atoms with Gasteiger partial charge in [-0.1, -0.05) is 30.3 Å². The number of aliphatic hydroxyl groups is 1. The number of carbonyl (C=O) groups is 1. The minimum Gasteiger partial charge on any atom is -0.493 e. The highest BCUT2D eigenvalue weighted by molar-refractivity contribution is 5.95. The molecule has 1 heterocycles. The van der Waals surface area contributed by atoms with Crippen LogP contribution in [0.4, 0.5) is 0 Å². The van der Waals surface area contributed by atoms with Crippen molar-refractivity contribution in [3.8, 4) is 11.5 Å². The molecule has 2 aromatic carbocycles. The summed E-state index contributed by atoms with van der Waals surface area (Å²) in [5, 5.41) is 12.5. The maximum absolute atomic E-state index is 13.5. The number of hydrogen-bond acceptors (Lipinski definition) is 5. The summed E-state index contributed by atoms with van der Waals surface area (Å²) in [5.41, 5.74) is 1.93. The third-order valence-corrected chi connectivity index (χ3v) is 6.11. The van der Waals surface area contributed by atoms with E-state index in [0.717, 1.165) is 19.5 Å². The van der Waals surface area contributed by atoms with Crippen molar-refractivity contribution in [1.82, 2.24) is 10.2 Å². The number of amides is 1. The van der Waals surface area contributed by atoms with Crippen molar-refractivity contribution in [3.63, 3.8) is 0 Å². The monoisotopic (exact) mass is 440 g/mol. The minimum absolute atomic E-state index is 0.0000207. The van der Waals surface area contributed by atoms with Gasteiger partial charge in [0.05, 0.1) is 13.7 Å². The Hall–Kier alpha value is -2.57. The molecule has 0 radical (unpaired) electrons. The Balaban J connectivity index is 1.73. The number of rotatable bonds is 11. The van der Waals surface area contributed by atoms with E-state index in [1.54, 1.807) is 25.3 Å². The van der Waals surface area contributed by atoms with Crippen LogP contribution in [-0.4, -0.2) is 61.9 Å². The van der Waals surface area contributed by atoms with Crippen molar-refractivity contribution in [1.29, 1.82) is 0 Å². The van der Waals surface area contributed by atoms with Gasteiger partial charge in [-0.25, -0.2) is 0 Å². The SMILES string of the molecule is COc1ccc(C(=O)N(CC2CNCC2Cc2ccccc2)C(C)C)cc1OCCCO. The maximum atomic E-state index is 13.5. The Morgan fingerprint density at radius 3 is 2.56 bits per heavy atom. The molecule has 174 valence electrons. The van der Waals surface area contributed by atoms with E-state index >= 15 is 0 Å². The molecule has 2 atom stereocenters. The van der Waals surface area contributed by atoms with E-state index in [4.69, 9.17) is 14.6 Å². The molecule has 32 heavy (non-hydrogen) atoms. The molecule has 0 bridgehead atoms. The predicted molar refractivity (Wildman–Crippen MR) is 126 cm³/mol. The van der Waals surface area contributed by atoms with Crippen LogP contribution in [0.1, 0.15) is 36.2 Å². The standard InChI is InChI=1S/C26H36N2O4/c1-19(2)28(18-23-17-27-16-22(23)14-20-8-5-4-6-9-20)26(30)21-10-11-24(31-3)25(15-21)32-13-7-12-29/h4-6,8-11,15,19,22-23,27,29H,7,12-14,16-18H2,1-3H3. The number of methoxy groups -OCH3 is 1. The van der Waals surface area contributed by atoms with Gasteiger partial charge in [-0.2, -0.15) is 0 Å². The van der Waals surface area contributed by atoms with Gasteiger partial charge in [0.2, 0.25) is 0 Å². The van der Waals surface area contributed by atoms with Crippen molar-refractivity contribution >= 4 is 5.91 Å². The van der Waals surface area contributed by atoms with E-state index in [9.17, 15) is 4.79 Å². The van der Waals surface area contributed by atoms with E-state index in [-0.39, 0.29) is 18.6 Å². The first-order valence-corrected chi connectivity index (χ1v) is 11.5. The van der Waals surface area contributed by atoms with Gasteiger partial charge in [0.15, 0.2) is 11.5 Å². The summed E-state index contributed by atoms with van der Waals surface area (Å²) < 4.78 is 11.1. The lowest BCUT2D eigenvalue weighted by molar-refractivity contribution is 0.0661. The van der Waals surface area contributed by atoms with Crippen molar-refractivity contribution in [2.45, 2.75) is 32.7 Å². The van der Waals surface area contributed by atoms with Gasteiger partial charge in [-0.05, 0) is 69.0 Å². The van der Waals surface area contributed by atoms with Gasteiger partial charge in [0, 0.05) is 31.2 Å². The molecular formula is C26H36N2O4. The van der Waals surface area contributed by atoms with Gasteiger partial charge in [-0.15, -0.1) is 0 Å². The molecular weight excluding hydrogens is 404 g/mol. The molecule has 1 amide bonds.